The Kier molecular flexibility index (Phi) is 3.26. The summed E-state index contributed by atoms with van der Waals surface area (Å²) in [4.78, 5) is 2.12. The van der Waals surface area contributed by atoms with Gasteiger partial charge >= 0.3 is 0 Å². The Morgan fingerprint density at radius 3 is 2.62 bits per heavy atom. The summed E-state index contributed by atoms with van der Waals surface area (Å²) in [6.45, 7) is 0.938. The first-order valence-corrected chi connectivity index (χ1v) is 5.25. The van der Waals surface area contributed by atoms with Crippen LogP contribution in [0.4, 0.5) is 0 Å². The highest BCUT2D eigenvalue weighted by Gasteiger charge is 2.07. The SMILES string of the molecule is CN(C)CCc1nnnn1-c1ccccc1. The molecule has 2 aromatic rings. The van der Waals surface area contributed by atoms with E-state index < -0.39 is 0 Å². The molecular formula is C11H15N5. The summed E-state index contributed by atoms with van der Waals surface area (Å²) in [6, 6.07) is 9.93. The van der Waals surface area contributed by atoms with Crippen LogP contribution in [-0.4, -0.2) is 45.7 Å². The monoisotopic (exact) mass is 217 g/mol. The molecule has 0 bridgehead atoms. The largest absolute Gasteiger partial charge is 0.309 e. The van der Waals surface area contributed by atoms with Crippen LogP contribution in [-0.2, 0) is 6.42 Å². The van der Waals surface area contributed by atoms with Crippen LogP contribution in [0.25, 0.3) is 5.69 Å². The lowest BCUT2D eigenvalue weighted by molar-refractivity contribution is 0.408. The number of tetrazole rings is 1. The molecule has 84 valence electrons. The van der Waals surface area contributed by atoms with Crippen molar-refractivity contribution in [2.45, 2.75) is 6.42 Å². The summed E-state index contributed by atoms with van der Waals surface area (Å²) in [7, 11) is 4.08. The van der Waals surface area contributed by atoms with Gasteiger partial charge in [-0.25, -0.2) is 0 Å². The molecule has 0 aliphatic heterocycles. The van der Waals surface area contributed by atoms with Crippen molar-refractivity contribution in [3.63, 3.8) is 0 Å². The van der Waals surface area contributed by atoms with Gasteiger partial charge in [0.1, 0.15) is 0 Å². The standard InChI is InChI=1S/C11H15N5/c1-15(2)9-8-11-12-13-14-16(11)10-6-4-3-5-7-10/h3-7H,8-9H2,1-2H3. The molecule has 5 heteroatoms. The van der Waals surface area contributed by atoms with Crippen LogP contribution >= 0.6 is 0 Å². The van der Waals surface area contributed by atoms with Crippen LogP contribution in [0.3, 0.4) is 0 Å². The van der Waals surface area contributed by atoms with Crippen LogP contribution in [0.15, 0.2) is 30.3 Å². The molecule has 0 saturated carbocycles. The molecule has 0 unspecified atom stereocenters. The van der Waals surface area contributed by atoms with Gasteiger partial charge in [0.2, 0.25) is 0 Å². The number of likely N-dealkylation sites (N-methyl/N-ethyl adjacent to an activating group) is 1. The topological polar surface area (TPSA) is 46.8 Å². The molecule has 16 heavy (non-hydrogen) atoms. The summed E-state index contributed by atoms with van der Waals surface area (Å²) in [5.41, 5.74) is 1.00. The molecule has 0 saturated heterocycles. The number of hydrogen-bond acceptors (Lipinski definition) is 4. The number of hydrogen-bond donors (Lipinski definition) is 0. The van der Waals surface area contributed by atoms with Crippen molar-refractivity contribution in [3.05, 3.63) is 36.2 Å². The van der Waals surface area contributed by atoms with Crippen molar-refractivity contribution in [1.29, 1.82) is 0 Å². The molecule has 0 radical (unpaired) electrons. The summed E-state index contributed by atoms with van der Waals surface area (Å²) >= 11 is 0. The number of nitrogens with zero attached hydrogens (tertiary/aromatic N) is 5. The number of rotatable bonds is 4. The molecule has 1 aromatic heterocycles. The van der Waals surface area contributed by atoms with Crippen LogP contribution < -0.4 is 0 Å². The maximum Gasteiger partial charge on any atom is 0.157 e. The van der Waals surface area contributed by atoms with Gasteiger partial charge < -0.3 is 4.90 Å². The Morgan fingerprint density at radius 2 is 1.94 bits per heavy atom. The summed E-state index contributed by atoms with van der Waals surface area (Å²) in [5, 5.41) is 11.8. The average molecular weight is 217 g/mol. The maximum absolute atomic E-state index is 4.04. The van der Waals surface area contributed by atoms with Gasteiger partial charge in [0.05, 0.1) is 5.69 Å². The van der Waals surface area contributed by atoms with E-state index >= 15 is 0 Å². The third-order valence-corrected chi connectivity index (χ3v) is 2.32. The smallest absolute Gasteiger partial charge is 0.157 e. The third-order valence-electron chi connectivity index (χ3n) is 2.32. The van der Waals surface area contributed by atoms with Gasteiger partial charge in [0.15, 0.2) is 5.82 Å². The van der Waals surface area contributed by atoms with E-state index in [1.807, 2.05) is 44.4 Å². The van der Waals surface area contributed by atoms with E-state index in [1.54, 1.807) is 4.68 Å². The number of para-hydroxylation sites is 1. The molecule has 5 nitrogen and oxygen atoms in total. The zero-order valence-corrected chi connectivity index (χ0v) is 9.54. The lowest BCUT2D eigenvalue weighted by atomic mass is 10.3. The van der Waals surface area contributed by atoms with Crippen molar-refractivity contribution in [2.75, 3.05) is 20.6 Å². The molecule has 0 spiro atoms. The minimum absolute atomic E-state index is 0.842. The second-order valence-electron chi connectivity index (χ2n) is 3.90. The first-order valence-electron chi connectivity index (χ1n) is 5.25. The quantitative estimate of drug-likeness (QED) is 0.758. The van der Waals surface area contributed by atoms with Gasteiger partial charge in [0.25, 0.3) is 0 Å². The van der Waals surface area contributed by atoms with Gasteiger partial charge in [0, 0.05) is 13.0 Å². The normalized spacial score (nSPS) is 10.9. The van der Waals surface area contributed by atoms with Crippen LogP contribution in [0, 0.1) is 0 Å². The van der Waals surface area contributed by atoms with Crippen molar-refractivity contribution in [1.82, 2.24) is 25.1 Å². The fourth-order valence-electron chi connectivity index (χ4n) is 1.45. The van der Waals surface area contributed by atoms with Crippen molar-refractivity contribution < 1.29 is 0 Å². The second kappa shape index (κ2) is 4.85. The van der Waals surface area contributed by atoms with Gasteiger partial charge in [-0.2, -0.15) is 4.68 Å². The predicted octanol–water partition coefficient (Wildman–Crippen LogP) is 0.766. The zero-order chi connectivity index (χ0) is 11.4. The van der Waals surface area contributed by atoms with Gasteiger partial charge in [-0.15, -0.1) is 5.10 Å². The third kappa shape index (κ3) is 2.43. The molecule has 0 aliphatic rings. The fraction of sp³-hybridized carbons (Fsp3) is 0.364. The average Bonchev–Trinajstić information content (AvgIpc) is 2.75. The number of benzene rings is 1. The zero-order valence-electron chi connectivity index (χ0n) is 9.54. The molecule has 0 fully saturated rings. The fourth-order valence-corrected chi connectivity index (χ4v) is 1.45. The molecule has 2 rings (SSSR count). The van der Waals surface area contributed by atoms with Crippen molar-refractivity contribution >= 4 is 0 Å². The first kappa shape index (κ1) is 10.8. The lowest BCUT2D eigenvalue weighted by Crippen LogP contribution is -2.17. The highest BCUT2D eigenvalue weighted by atomic mass is 15.5. The van der Waals surface area contributed by atoms with Crippen LogP contribution in [0.2, 0.25) is 0 Å². The molecule has 0 aliphatic carbocycles. The van der Waals surface area contributed by atoms with E-state index in [2.05, 4.69) is 20.4 Å². The molecule has 1 aromatic carbocycles. The van der Waals surface area contributed by atoms with E-state index in [9.17, 15) is 0 Å². The predicted molar refractivity (Wildman–Crippen MR) is 61.4 cm³/mol. The minimum Gasteiger partial charge on any atom is -0.309 e. The van der Waals surface area contributed by atoms with Crippen molar-refractivity contribution in [2.24, 2.45) is 0 Å². The highest BCUT2D eigenvalue weighted by molar-refractivity contribution is 5.30. The van der Waals surface area contributed by atoms with E-state index in [0.29, 0.717) is 0 Å². The van der Waals surface area contributed by atoms with E-state index in [-0.39, 0.29) is 0 Å². The second-order valence-corrected chi connectivity index (χ2v) is 3.90. The Hall–Kier alpha value is -1.75. The molecule has 1 heterocycles. The Labute approximate surface area is 94.7 Å². The van der Waals surface area contributed by atoms with Gasteiger partial charge in [-0.1, -0.05) is 18.2 Å². The van der Waals surface area contributed by atoms with Crippen LogP contribution in [0.5, 0.6) is 0 Å². The summed E-state index contributed by atoms with van der Waals surface area (Å²) < 4.78 is 1.78. The summed E-state index contributed by atoms with van der Waals surface area (Å²) in [6.07, 6.45) is 0.842. The minimum atomic E-state index is 0.842. The molecule has 0 amide bonds. The lowest BCUT2D eigenvalue weighted by Gasteiger charge is -2.08. The van der Waals surface area contributed by atoms with E-state index in [1.165, 1.54) is 0 Å². The van der Waals surface area contributed by atoms with Crippen molar-refractivity contribution in [3.8, 4) is 5.69 Å². The Bertz CT molecular complexity index is 435. The number of aromatic nitrogens is 4. The Morgan fingerprint density at radius 1 is 1.19 bits per heavy atom. The highest BCUT2D eigenvalue weighted by Crippen LogP contribution is 2.07. The first-order chi connectivity index (χ1) is 7.77. The van der Waals surface area contributed by atoms with E-state index in [0.717, 1.165) is 24.5 Å². The van der Waals surface area contributed by atoms with E-state index in [4.69, 9.17) is 0 Å². The molecule has 0 atom stereocenters. The molecule has 0 N–H and O–H groups in total. The van der Waals surface area contributed by atoms with Gasteiger partial charge in [-0.3, -0.25) is 0 Å². The Balaban J connectivity index is 2.19. The maximum atomic E-state index is 4.04. The van der Waals surface area contributed by atoms with Gasteiger partial charge in [-0.05, 0) is 36.7 Å². The van der Waals surface area contributed by atoms with Crippen LogP contribution in [0.1, 0.15) is 5.82 Å². The summed E-state index contributed by atoms with van der Waals surface area (Å²) in [5.74, 6) is 0.889. The molecular weight excluding hydrogens is 202 g/mol.